The topological polar surface area (TPSA) is 21.3 Å². The van der Waals surface area contributed by atoms with E-state index in [-0.39, 0.29) is 0 Å². The third kappa shape index (κ3) is 4.79. The first-order chi connectivity index (χ1) is 8.69. The number of nitrogens with one attached hydrogen (secondary N) is 1. The Labute approximate surface area is 112 Å². The van der Waals surface area contributed by atoms with Crippen LogP contribution in [-0.2, 0) is 4.74 Å². The van der Waals surface area contributed by atoms with Gasteiger partial charge in [-0.1, -0.05) is 32.0 Å². The second-order valence-electron chi connectivity index (χ2n) is 4.93. The van der Waals surface area contributed by atoms with Crippen LogP contribution in [0.5, 0.6) is 0 Å². The lowest BCUT2D eigenvalue weighted by Crippen LogP contribution is -2.26. The molecule has 0 amide bonds. The maximum Gasteiger partial charge on any atom is 0.0661 e. The summed E-state index contributed by atoms with van der Waals surface area (Å²) in [5.74, 6) is 0. The summed E-state index contributed by atoms with van der Waals surface area (Å²) in [4.78, 5) is 0. The van der Waals surface area contributed by atoms with E-state index >= 15 is 0 Å². The lowest BCUT2D eigenvalue weighted by Gasteiger charge is -2.20. The van der Waals surface area contributed by atoms with Crippen LogP contribution in [0.15, 0.2) is 18.2 Å². The molecule has 0 bridgehead atoms. The number of hydrogen-bond acceptors (Lipinski definition) is 2. The average molecular weight is 249 g/mol. The van der Waals surface area contributed by atoms with Crippen molar-refractivity contribution in [3.05, 3.63) is 34.9 Å². The maximum absolute atomic E-state index is 5.70. The van der Waals surface area contributed by atoms with Gasteiger partial charge in [0.2, 0.25) is 0 Å². The molecule has 0 heterocycles. The molecule has 0 aliphatic heterocycles. The largest absolute Gasteiger partial charge is 0.379 e. The van der Waals surface area contributed by atoms with E-state index in [1.807, 2.05) is 0 Å². The SMILES string of the molecule is CCCNC(COCCC)c1ccc(C)c(C)c1. The molecule has 0 saturated heterocycles. The zero-order valence-corrected chi connectivity index (χ0v) is 12.3. The molecular weight excluding hydrogens is 222 g/mol. The molecule has 1 unspecified atom stereocenters. The van der Waals surface area contributed by atoms with Crippen LogP contribution in [-0.4, -0.2) is 19.8 Å². The maximum atomic E-state index is 5.70. The third-order valence-electron chi connectivity index (χ3n) is 3.21. The van der Waals surface area contributed by atoms with Crippen LogP contribution in [0, 0.1) is 13.8 Å². The molecule has 0 aliphatic carbocycles. The van der Waals surface area contributed by atoms with Crippen molar-refractivity contribution in [1.82, 2.24) is 5.32 Å². The molecule has 1 rings (SSSR count). The van der Waals surface area contributed by atoms with Gasteiger partial charge in [0.1, 0.15) is 0 Å². The predicted octanol–water partition coefficient (Wildman–Crippen LogP) is 3.77. The highest BCUT2D eigenvalue weighted by molar-refractivity contribution is 5.31. The van der Waals surface area contributed by atoms with E-state index < -0.39 is 0 Å². The van der Waals surface area contributed by atoms with Gasteiger partial charge in [0, 0.05) is 6.61 Å². The minimum Gasteiger partial charge on any atom is -0.379 e. The summed E-state index contributed by atoms with van der Waals surface area (Å²) >= 11 is 0. The number of rotatable bonds is 8. The number of benzene rings is 1. The highest BCUT2D eigenvalue weighted by atomic mass is 16.5. The smallest absolute Gasteiger partial charge is 0.0661 e. The third-order valence-corrected chi connectivity index (χ3v) is 3.21. The predicted molar refractivity (Wildman–Crippen MR) is 78.1 cm³/mol. The average Bonchev–Trinajstić information content (AvgIpc) is 2.37. The van der Waals surface area contributed by atoms with E-state index in [2.05, 4.69) is 51.2 Å². The molecule has 0 radical (unpaired) electrons. The van der Waals surface area contributed by atoms with E-state index in [9.17, 15) is 0 Å². The van der Waals surface area contributed by atoms with Crippen molar-refractivity contribution in [2.45, 2.75) is 46.6 Å². The van der Waals surface area contributed by atoms with Gasteiger partial charge < -0.3 is 10.1 Å². The van der Waals surface area contributed by atoms with Crippen molar-refractivity contribution < 1.29 is 4.74 Å². The summed E-state index contributed by atoms with van der Waals surface area (Å²) in [5, 5.41) is 3.57. The highest BCUT2D eigenvalue weighted by Crippen LogP contribution is 2.17. The Kier molecular flexibility index (Phi) is 6.99. The minimum atomic E-state index is 0.316. The summed E-state index contributed by atoms with van der Waals surface area (Å²) in [5.41, 5.74) is 4.04. The Morgan fingerprint density at radius 3 is 2.50 bits per heavy atom. The first-order valence-electron chi connectivity index (χ1n) is 7.07. The molecule has 2 nitrogen and oxygen atoms in total. The van der Waals surface area contributed by atoms with Gasteiger partial charge in [0.15, 0.2) is 0 Å². The second kappa shape index (κ2) is 8.28. The summed E-state index contributed by atoms with van der Waals surface area (Å²) in [6.45, 7) is 11.3. The molecule has 0 aromatic heterocycles. The van der Waals surface area contributed by atoms with E-state index in [1.54, 1.807) is 0 Å². The zero-order chi connectivity index (χ0) is 13.4. The fourth-order valence-electron chi connectivity index (χ4n) is 1.92. The zero-order valence-electron chi connectivity index (χ0n) is 12.3. The second-order valence-corrected chi connectivity index (χ2v) is 4.93. The molecule has 18 heavy (non-hydrogen) atoms. The Morgan fingerprint density at radius 1 is 1.11 bits per heavy atom. The monoisotopic (exact) mass is 249 g/mol. The number of ether oxygens (including phenoxy) is 1. The van der Waals surface area contributed by atoms with Gasteiger partial charge in [-0.2, -0.15) is 0 Å². The fourth-order valence-corrected chi connectivity index (χ4v) is 1.92. The van der Waals surface area contributed by atoms with E-state index in [0.29, 0.717) is 6.04 Å². The Hall–Kier alpha value is -0.860. The molecule has 0 fully saturated rings. The lowest BCUT2D eigenvalue weighted by atomic mass is 10.0. The minimum absolute atomic E-state index is 0.316. The number of hydrogen-bond donors (Lipinski definition) is 1. The molecule has 0 aliphatic rings. The summed E-state index contributed by atoms with van der Waals surface area (Å²) < 4.78 is 5.70. The highest BCUT2D eigenvalue weighted by Gasteiger charge is 2.11. The molecule has 1 aromatic carbocycles. The Morgan fingerprint density at radius 2 is 1.89 bits per heavy atom. The van der Waals surface area contributed by atoms with Gasteiger partial charge in [-0.3, -0.25) is 0 Å². The molecule has 1 atom stereocenters. The molecular formula is C16H27NO. The first kappa shape index (κ1) is 15.2. The van der Waals surface area contributed by atoms with Crippen LogP contribution in [0.2, 0.25) is 0 Å². The molecule has 1 N–H and O–H groups in total. The van der Waals surface area contributed by atoms with Crippen molar-refractivity contribution in [1.29, 1.82) is 0 Å². The number of aryl methyl sites for hydroxylation is 2. The van der Waals surface area contributed by atoms with Crippen molar-refractivity contribution >= 4 is 0 Å². The Bertz CT molecular complexity index is 349. The van der Waals surface area contributed by atoms with Crippen molar-refractivity contribution in [2.24, 2.45) is 0 Å². The fraction of sp³-hybridized carbons (Fsp3) is 0.625. The molecule has 0 saturated carbocycles. The van der Waals surface area contributed by atoms with Gasteiger partial charge in [0.25, 0.3) is 0 Å². The molecule has 2 heteroatoms. The normalized spacial score (nSPS) is 12.7. The lowest BCUT2D eigenvalue weighted by molar-refractivity contribution is 0.112. The van der Waals surface area contributed by atoms with Crippen LogP contribution >= 0.6 is 0 Å². The van der Waals surface area contributed by atoms with Crippen LogP contribution in [0.4, 0.5) is 0 Å². The van der Waals surface area contributed by atoms with Crippen molar-refractivity contribution in [3.63, 3.8) is 0 Å². The van der Waals surface area contributed by atoms with E-state index in [1.165, 1.54) is 16.7 Å². The molecule has 0 spiro atoms. The van der Waals surface area contributed by atoms with Crippen molar-refractivity contribution in [2.75, 3.05) is 19.8 Å². The van der Waals surface area contributed by atoms with Gasteiger partial charge >= 0.3 is 0 Å². The van der Waals surface area contributed by atoms with Crippen molar-refractivity contribution in [3.8, 4) is 0 Å². The summed E-state index contributed by atoms with van der Waals surface area (Å²) in [7, 11) is 0. The van der Waals surface area contributed by atoms with E-state index in [4.69, 9.17) is 4.74 Å². The van der Waals surface area contributed by atoms with E-state index in [0.717, 1.165) is 32.6 Å². The van der Waals surface area contributed by atoms with Gasteiger partial charge in [-0.05, 0) is 49.9 Å². The van der Waals surface area contributed by atoms with Crippen LogP contribution < -0.4 is 5.32 Å². The molecule has 102 valence electrons. The van der Waals surface area contributed by atoms with Crippen LogP contribution in [0.3, 0.4) is 0 Å². The molecule has 1 aromatic rings. The first-order valence-corrected chi connectivity index (χ1v) is 7.07. The van der Waals surface area contributed by atoms with Gasteiger partial charge in [0.05, 0.1) is 12.6 Å². The summed E-state index contributed by atoms with van der Waals surface area (Å²) in [6.07, 6.45) is 2.22. The van der Waals surface area contributed by atoms with Gasteiger partial charge in [-0.25, -0.2) is 0 Å². The van der Waals surface area contributed by atoms with Crippen LogP contribution in [0.1, 0.15) is 49.4 Å². The summed E-state index contributed by atoms with van der Waals surface area (Å²) in [6, 6.07) is 7.00. The quantitative estimate of drug-likeness (QED) is 0.708. The Balaban J connectivity index is 2.70. The van der Waals surface area contributed by atoms with Crippen LogP contribution in [0.25, 0.3) is 0 Å². The standard InChI is InChI=1S/C16H27NO/c1-5-9-17-16(12-18-10-6-2)15-8-7-13(3)14(4)11-15/h7-8,11,16-17H,5-6,9-10,12H2,1-4H3. The van der Waals surface area contributed by atoms with Gasteiger partial charge in [-0.15, -0.1) is 0 Å².